The van der Waals surface area contributed by atoms with Gasteiger partial charge in [0.25, 0.3) is 5.91 Å². The lowest BCUT2D eigenvalue weighted by molar-refractivity contribution is 0.0948. The lowest BCUT2D eigenvalue weighted by Gasteiger charge is -2.05. The van der Waals surface area contributed by atoms with E-state index in [2.05, 4.69) is 24.1 Å². The number of carbonyl (C=O) groups is 1. The summed E-state index contributed by atoms with van der Waals surface area (Å²) >= 11 is 1.44. The maximum Gasteiger partial charge on any atom is 0.270 e. The van der Waals surface area contributed by atoms with Crippen LogP contribution in [0, 0.1) is 5.92 Å². The second-order valence-corrected chi connectivity index (χ2v) is 5.89. The molecular formula is C13H23N3OS. The van der Waals surface area contributed by atoms with Gasteiger partial charge in [0.1, 0.15) is 10.7 Å². The van der Waals surface area contributed by atoms with Crippen molar-refractivity contribution in [1.82, 2.24) is 10.3 Å². The number of carbonyl (C=O) groups excluding carboxylic acids is 1. The maximum atomic E-state index is 11.8. The number of rotatable bonds is 7. The molecule has 1 atom stereocenters. The molecule has 1 rings (SSSR count). The number of aromatic nitrogens is 1. The molecule has 0 radical (unpaired) electrons. The molecule has 102 valence electrons. The zero-order valence-corrected chi connectivity index (χ0v) is 12.2. The molecule has 0 saturated heterocycles. The molecular weight excluding hydrogens is 246 g/mol. The predicted molar refractivity (Wildman–Crippen MR) is 75.7 cm³/mol. The number of nitrogens with zero attached hydrogens (tertiary/aromatic N) is 1. The Morgan fingerprint density at radius 1 is 1.44 bits per heavy atom. The van der Waals surface area contributed by atoms with Gasteiger partial charge in [0.15, 0.2) is 0 Å². The Kier molecular flexibility index (Phi) is 6.29. The Morgan fingerprint density at radius 2 is 2.17 bits per heavy atom. The molecule has 0 bridgehead atoms. The normalized spacial score (nSPS) is 12.7. The van der Waals surface area contributed by atoms with Crippen LogP contribution >= 0.6 is 11.3 Å². The SMILES string of the molecule is CC(C)CCCCNC(=O)c1csc(C(C)N)n1. The first-order valence-corrected chi connectivity index (χ1v) is 7.38. The Balaban J connectivity index is 2.27. The highest BCUT2D eigenvalue weighted by Gasteiger charge is 2.11. The van der Waals surface area contributed by atoms with Gasteiger partial charge in [-0.3, -0.25) is 4.79 Å². The summed E-state index contributed by atoms with van der Waals surface area (Å²) in [5, 5.41) is 5.46. The Bertz CT molecular complexity index is 374. The molecule has 1 heterocycles. The van der Waals surface area contributed by atoms with E-state index in [1.165, 1.54) is 17.8 Å². The van der Waals surface area contributed by atoms with Crippen LogP contribution in [0.2, 0.25) is 0 Å². The topological polar surface area (TPSA) is 68.0 Å². The van der Waals surface area contributed by atoms with Crippen LogP contribution in [-0.4, -0.2) is 17.4 Å². The molecule has 1 aromatic heterocycles. The van der Waals surface area contributed by atoms with Crippen molar-refractivity contribution in [2.45, 2.75) is 46.1 Å². The molecule has 0 saturated carbocycles. The largest absolute Gasteiger partial charge is 0.351 e. The molecule has 0 aliphatic heterocycles. The van der Waals surface area contributed by atoms with Gasteiger partial charge in [-0.2, -0.15) is 0 Å². The highest BCUT2D eigenvalue weighted by Crippen LogP contribution is 2.15. The highest BCUT2D eigenvalue weighted by molar-refractivity contribution is 7.09. The van der Waals surface area contributed by atoms with Crippen molar-refractivity contribution in [1.29, 1.82) is 0 Å². The summed E-state index contributed by atoms with van der Waals surface area (Å²) in [5.41, 5.74) is 6.19. The smallest absolute Gasteiger partial charge is 0.270 e. The van der Waals surface area contributed by atoms with E-state index in [0.29, 0.717) is 5.69 Å². The van der Waals surface area contributed by atoms with Gasteiger partial charge in [-0.15, -0.1) is 11.3 Å². The van der Waals surface area contributed by atoms with Crippen molar-refractivity contribution in [3.63, 3.8) is 0 Å². The van der Waals surface area contributed by atoms with E-state index in [1.54, 1.807) is 5.38 Å². The number of hydrogen-bond donors (Lipinski definition) is 2. The van der Waals surface area contributed by atoms with Crippen LogP contribution in [-0.2, 0) is 0 Å². The Hall–Kier alpha value is -0.940. The molecule has 18 heavy (non-hydrogen) atoms. The van der Waals surface area contributed by atoms with Crippen LogP contribution in [0.3, 0.4) is 0 Å². The fourth-order valence-corrected chi connectivity index (χ4v) is 2.33. The highest BCUT2D eigenvalue weighted by atomic mass is 32.1. The van der Waals surface area contributed by atoms with E-state index < -0.39 is 0 Å². The number of nitrogens with two attached hydrogens (primary N) is 1. The summed E-state index contributed by atoms with van der Waals surface area (Å²) in [6.45, 7) is 7.01. The molecule has 0 aliphatic carbocycles. The first-order chi connectivity index (χ1) is 8.50. The molecule has 0 spiro atoms. The minimum Gasteiger partial charge on any atom is -0.351 e. The lowest BCUT2D eigenvalue weighted by Crippen LogP contribution is -2.25. The van der Waals surface area contributed by atoms with Crippen molar-refractivity contribution in [3.8, 4) is 0 Å². The summed E-state index contributed by atoms with van der Waals surface area (Å²) < 4.78 is 0. The minimum absolute atomic E-state index is 0.0947. The van der Waals surface area contributed by atoms with Crippen LogP contribution in [0.1, 0.15) is 61.6 Å². The van der Waals surface area contributed by atoms with Gasteiger partial charge in [0.05, 0.1) is 6.04 Å². The summed E-state index contributed by atoms with van der Waals surface area (Å²) in [6, 6.07) is -0.109. The second kappa shape index (κ2) is 7.48. The van der Waals surface area contributed by atoms with E-state index in [0.717, 1.165) is 30.3 Å². The van der Waals surface area contributed by atoms with Gasteiger partial charge in [-0.1, -0.05) is 26.7 Å². The molecule has 0 fully saturated rings. The zero-order chi connectivity index (χ0) is 13.5. The standard InChI is InChI=1S/C13H23N3OS/c1-9(2)6-4-5-7-15-12(17)11-8-18-13(16-11)10(3)14/h8-10H,4-7,14H2,1-3H3,(H,15,17). The van der Waals surface area contributed by atoms with E-state index in [-0.39, 0.29) is 11.9 Å². The number of nitrogens with one attached hydrogen (secondary N) is 1. The number of thiazole rings is 1. The number of amides is 1. The molecule has 3 N–H and O–H groups in total. The van der Waals surface area contributed by atoms with Crippen LogP contribution in [0.25, 0.3) is 0 Å². The number of hydrogen-bond acceptors (Lipinski definition) is 4. The average molecular weight is 269 g/mol. The van der Waals surface area contributed by atoms with Crippen molar-refractivity contribution in [2.75, 3.05) is 6.54 Å². The van der Waals surface area contributed by atoms with Crippen molar-refractivity contribution in [3.05, 3.63) is 16.1 Å². The van der Waals surface area contributed by atoms with E-state index in [9.17, 15) is 4.79 Å². The summed E-state index contributed by atoms with van der Waals surface area (Å²) in [4.78, 5) is 16.0. The molecule has 5 heteroatoms. The molecule has 4 nitrogen and oxygen atoms in total. The van der Waals surface area contributed by atoms with Gasteiger partial charge in [0.2, 0.25) is 0 Å². The van der Waals surface area contributed by atoms with Crippen LogP contribution in [0.5, 0.6) is 0 Å². The van der Waals surface area contributed by atoms with Crippen LogP contribution in [0.4, 0.5) is 0 Å². The third-order valence-corrected chi connectivity index (χ3v) is 3.68. The van der Waals surface area contributed by atoms with E-state index >= 15 is 0 Å². The quantitative estimate of drug-likeness (QED) is 0.748. The molecule has 0 aromatic carbocycles. The second-order valence-electron chi connectivity index (χ2n) is 5.01. The van der Waals surface area contributed by atoms with Gasteiger partial charge in [-0.05, 0) is 19.3 Å². The van der Waals surface area contributed by atoms with Crippen molar-refractivity contribution >= 4 is 17.2 Å². The summed E-state index contributed by atoms with van der Waals surface area (Å²) in [5.74, 6) is 0.635. The van der Waals surface area contributed by atoms with Gasteiger partial charge >= 0.3 is 0 Å². The van der Waals surface area contributed by atoms with E-state index in [1.807, 2.05) is 6.92 Å². The first-order valence-electron chi connectivity index (χ1n) is 6.50. The summed E-state index contributed by atoms with van der Waals surface area (Å²) in [7, 11) is 0. The summed E-state index contributed by atoms with van der Waals surface area (Å²) in [6.07, 6.45) is 3.38. The molecule has 1 aromatic rings. The number of unbranched alkanes of at least 4 members (excludes halogenated alkanes) is 1. The van der Waals surface area contributed by atoms with Crippen LogP contribution < -0.4 is 11.1 Å². The molecule has 1 unspecified atom stereocenters. The Labute approximate surface area is 113 Å². The average Bonchev–Trinajstić information content (AvgIpc) is 2.77. The Morgan fingerprint density at radius 3 is 2.72 bits per heavy atom. The fraction of sp³-hybridized carbons (Fsp3) is 0.692. The monoisotopic (exact) mass is 269 g/mol. The molecule has 1 amide bonds. The zero-order valence-electron chi connectivity index (χ0n) is 11.4. The van der Waals surface area contributed by atoms with Crippen molar-refractivity contribution in [2.24, 2.45) is 11.7 Å². The maximum absolute atomic E-state index is 11.8. The van der Waals surface area contributed by atoms with Crippen LogP contribution in [0.15, 0.2) is 5.38 Å². The van der Waals surface area contributed by atoms with Crippen molar-refractivity contribution < 1.29 is 4.79 Å². The first kappa shape index (κ1) is 15.1. The van der Waals surface area contributed by atoms with Gasteiger partial charge < -0.3 is 11.1 Å². The fourth-order valence-electron chi connectivity index (χ4n) is 1.57. The minimum atomic E-state index is -0.109. The third-order valence-electron chi connectivity index (χ3n) is 2.64. The third kappa shape index (κ3) is 5.14. The predicted octanol–water partition coefficient (Wildman–Crippen LogP) is 2.72. The molecule has 0 aliphatic rings. The van der Waals surface area contributed by atoms with Gasteiger partial charge in [-0.25, -0.2) is 4.98 Å². The lowest BCUT2D eigenvalue weighted by atomic mass is 10.1. The van der Waals surface area contributed by atoms with Gasteiger partial charge in [0, 0.05) is 11.9 Å². The van der Waals surface area contributed by atoms with E-state index in [4.69, 9.17) is 5.73 Å².